The van der Waals surface area contributed by atoms with Gasteiger partial charge in [0.2, 0.25) is 0 Å². The van der Waals surface area contributed by atoms with E-state index in [2.05, 4.69) is 26.0 Å². The highest BCUT2D eigenvalue weighted by Gasteiger charge is 2.16. The summed E-state index contributed by atoms with van der Waals surface area (Å²) in [6, 6.07) is 12.2. The Morgan fingerprint density at radius 3 is 2.43 bits per heavy atom. The van der Waals surface area contributed by atoms with Crippen LogP contribution in [0.5, 0.6) is 5.75 Å². The number of aliphatic hydroxyl groups excluding tert-OH is 1. The molecule has 0 aliphatic heterocycles. The van der Waals surface area contributed by atoms with Crippen LogP contribution < -0.4 is 4.74 Å². The van der Waals surface area contributed by atoms with Crippen LogP contribution in [-0.2, 0) is 0 Å². The van der Waals surface area contributed by atoms with Gasteiger partial charge in [-0.15, -0.1) is 11.8 Å². The van der Waals surface area contributed by atoms with Gasteiger partial charge in [0.15, 0.2) is 0 Å². The molecule has 0 spiro atoms. The maximum Gasteiger partial charge on any atom is 0.127 e. The lowest BCUT2D eigenvalue weighted by molar-refractivity contribution is 0.198. The number of hydrogen-bond acceptors (Lipinski definition) is 3. The number of aryl methyl sites for hydroxylation is 2. The second-order valence-corrected chi connectivity index (χ2v) is 6.28. The van der Waals surface area contributed by atoms with Gasteiger partial charge < -0.3 is 9.84 Å². The summed E-state index contributed by atoms with van der Waals surface area (Å²) in [5.41, 5.74) is 4.37. The summed E-state index contributed by atoms with van der Waals surface area (Å²) in [6.45, 7) is 6.17. The summed E-state index contributed by atoms with van der Waals surface area (Å²) in [5.74, 6) is 1.41. The second-order valence-electron chi connectivity index (χ2n) is 5.22. The maximum absolute atomic E-state index is 10.5. The van der Waals surface area contributed by atoms with Gasteiger partial charge in [0.25, 0.3) is 0 Å². The van der Waals surface area contributed by atoms with E-state index in [0.717, 1.165) is 16.9 Å². The molecule has 0 saturated heterocycles. The van der Waals surface area contributed by atoms with Crippen molar-refractivity contribution in [3.63, 3.8) is 0 Å². The van der Waals surface area contributed by atoms with Crippen molar-refractivity contribution in [1.29, 1.82) is 0 Å². The zero-order valence-corrected chi connectivity index (χ0v) is 13.8. The van der Waals surface area contributed by atoms with Crippen LogP contribution in [0.4, 0.5) is 0 Å². The molecule has 0 saturated carbocycles. The lowest BCUT2D eigenvalue weighted by Gasteiger charge is -2.18. The zero-order valence-electron chi connectivity index (χ0n) is 13.0. The first-order valence-corrected chi connectivity index (χ1v) is 8.03. The van der Waals surface area contributed by atoms with E-state index >= 15 is 0 Å². The molecular formula is C18H22O2S. The van der Waals surface area contributed by atoms with Gasteiger partial charge in [-0.2, -0.15) is 0 Å². The molecule has 2 aromatic rings. The third-order valence-electron chi connectivity index (χ3n) is 3.76. The Morgan fingerprint density at radius 1 is 1.05 bits per heavy atom. The predicted octanol–water partition coefficient (Wildman–Crippen LogP) is 4.45. The highest BCUT2D eigenvalue weighted by Crippen LogP contribution is 2.34. The van der Waals surface area contributed by atoms with E-state index in [4.69, 9.17) is 4.74 Å². The molecule has 0 aromatic heterocycles. The number of hydrogen-bond donors (Lipinski definition) is 1. The van der Waals surface area contributed by atoms with E-state index in [1.165, 1.54) is 16.0 Å². The molecule has 0 aliphatic rings. The molecule has 1 atom stereocenters. The molecule has 2 aromatic carbocycles. The van der Waals surface area contributed by atoms with Gasteiger partial charge in [0, 0.05) is 16.2 Å². The highest BCUT2D eigenvalue weighted by molar-refractivity contribution is 7.99. The highest BCUT2D eigenvalue weighted by atomic mass is 32.2. The summed E-state index contributed by atoms with van der Waals surface area (Å²) in [4.78, 5) is 1.21. The minimum Gasteiger partial charge on any atom is -0.496 e. The van der Waals surface area contributed by atoms with Crippen molar-refractivity contribution in [3.8, 4) is 5.75 Å². The van der Waals surface area contributed by atoms with Crippen LogP contribution in [0.3, 0.4) is 0 Å². The lowest BCUT2D eigenvalue weighted by atomic mass is 10.0. The third-order valence-corrected chi connectivity index (χ3v) is 5.01. The van der Waals surface area contributed by atoms with Gasteiger partial charge in [-0.05, 0) is 43.5 Å². The molecule has 0 aliphatic carbocycles. The van der Waals surface area contributed by atoms with Crippen molar-refractivity contribution in [2.75, 3.05) is 12.9 Å². The molecule has 1 unspecified atom stereocenters. The molecule has 0 heterocycles. The van der Waals surface area contributed by atoms with Crippen LogP contribution in [-0.4, -0.2) is 18.0 Å². The number of rotatable bonds is 5. The lowest BCUT2D eigenvalue weighted by Crippen LogP contribution is -2.05. The van der Waals surface area contributed by atoms with Gasteiger partial charge >= 0.3 is 0 Å². The number of aliphatic hydroxyl groups is 1. The molecule has 3 heteroatoms. The molecule has 2 nitrogen and oxygen atoms in total. The SMILES string of the molecule is COc1c(C(O)CSc2ccccc2C)ccc(C)c1C. The first-order chi connectivity index (χ1) is 10.0. The first kappa shape index (κ1) is 15.9. The molecule has 0 bridgehead atoms. The van der Waals surface area contributed by atoms with Crippen LogP contribution in [0.2, 0.25) is 0 Å². The molecule has 0 amide bonds. The summed E-state index contributed by atoms with van der Waals surface area (Å²) < 4.78 is 5.48. The molecule has 0 fully saturated rings. The maximum atomic E-state index is 10.5. The Hall–Kier alpha value is -1.45. The van der Waals surface area contributed by atoms with Crippen LogP contribution in [0.1, 0.15) is 28.4 Å². The predicted molar refractivity (Wildman–Crippen MR) is 89.3 cm³/mol. The first-order valence-electron chi connectivity index (χ1n) is 7.05. The quantitative estimate of drug-likeness (QED) is 0.828. The standard InChI is InChI=1S/C18H22O2S/c1-12-9-10-15(18(20-4)14(12)3)16(19)11-21-17-8-6-5-7-13(17)2/h5-10,16,19H,11H2,1-4H3. The van der Waals surface area contributed by atoms with Crippen LogP contribution in [0.25, 0.3) is 0 Å². The summed E-state index contributed by atoms with van der Waals surface area (Å²) in [6.07, 6.45) is -0.538. The Balaban J connectivity index is 2.16. The molecule has 1 N–H and O–H groups in total. The van der Waals surface area contributed by atoms with Crippen molar-refractivity contribution in [2.45, 2.75) is 31.8 Å². The number of ether oxygens (including phenoxy) is 1. The number of benzene rings is 2. The molecule has 2 rings (SSSR count). The average Bonchev–Trinajstić information content (AvgIpc) is 2.48. The molecule has 21 heavy (non-hydrogen) atoms. The summed E-state index contributed by atoms with van der Waals surface area (Å²) in [7, 11) is 1.66. The number of methoxy groups -OCH3 is 1. The average molecular weight is 302 g/mol. The van der Waals surface area contributed by atoms with E-state index in [0.29, 0.717) is 5.75 Å². The van der Waals surface area contributed by atoms with Gasteiger partial charge in [0.05, 0.1) is 13.2 Å². The Labute approximate surface area is 131 Å². The monoisotopic (exact) mass is 302 g/mol. The minimum atomic E-state index is -0.538. The van der Waals surface area contributed by atoms with Crippen LogP contribution in [0.15, 0.2) is 41.3 Å². The van der Waals surface area contributed by atoms with E-state index in [9.17, 15) is 5.11 Å². The molecule has 112 valence electrons. The normalized spacial score (nSPS) is 12.2. The Bertz CT molecular complexity index is 623. The summed E-state index contributed by atoms with van der Waals surface area (Å²) >= 11 is 1.67. The van der Waals surface area contributed by atoms with Crippen molar-refractivity contribution < 1.29 is 9.84 Å². The van der Waals surface area contributed by atoms with E-state index in [1.54, 1.807) is 18.9 Å². The molecule has 0 radical (unpaired) electrons. The van der Waals surface area contributed by atoms with Crippen molar-refractivity contribution >= 4 is 11.8 Å². The van der Waals surface area contributed by atoms with Crippen LogP contribution >= 0.6 is 11.8 Å². The van der Waals surface area contributed by atoms with Crippen molar-refractivity contribution in [2.24, 2.45) is 0 Å². The number of thioether (sulfide) groups is 1. The van der Waals surface area contributed by atoms with Crippen molar-refractivity contribution in [3.05, 3.63) is 58.7 Å². The van der Waals surface area contributed by atoms with Gasteiger partial charge in [-0.3, -0.25) is 0 Å². The van der Waals surface area contributed by atoms with Gasteiger partial charge in [-0.25, -0.2) is 0 Å². The third kappa shape index (κ3) is 3.60. The summed E-state index contributed by atoms with van der Waals surface area (Å²) in [5, 5.41) is 10.5. The van der Waals surface area contributed by atoms with E-state index in [-0.39, 0.29) is 0 Å². The Morgan fingerprint density at radius 2 is 1.76 bits per heavy atom. The fourth-order valence-electron chi connectivity index (χ4n) is 2.32. The second kappa shape index (κ2) is 7.01. The van der Waals surface area contributed by atoms with Gasteiger partial charge in [-0.1, -0.05) is 30.3 Å². The van der Waals surface area contributed by atoms with Crippen molar-refractivity contribution in [1.82, 2.24) is 0 Å². The van der Waals surface area contributed by atoms with E-state index < -0.39 is 6.10 Å². The Kier molecular flexibility index (Phi) is 5.32. The minimum absolute atomic E-state index is 0.538. The smallest absolute Gasteiger partial charge is 0.127 e. The fraction of sp³-hybridized carbons (Fsp3) is 0.333. The fourth-order valence-corrected chi connectivity index (χ4v) is 3.31. The topological polar surface area (TPSA) is 29.5 Å². The van der Waals surface area contributed by atoms with Gasteiger partial charge in [0.1, 0.15) is 5.75 Å². The molecular weight excluding hydrogens is 280 g/mol. The largest absolute Gasteiger partial charge is 0.496 e. The van der Waals surface area contributed by atoms with Crippen LogP contribution in [0, 0.1) is 20.8 Å². The van der Waals surface area contributed by atoms with E-state index in [1.807, 2.05) is 31.2 Å². The zero-order chi connectivity index (χ0) is 15.4.